The third kappa shape index (κ3) is 4.38. The first-order valence-electron chi connectivity index (χ1n) is 11.4. The molecule has 1 aromatic heterocycles. The predicted octanol–water partition coefficient (Wildman–Crippen LogP) is 4.01. The van der Waals surface area contributed by atoms with E-state index in [-0.39, 0.29) is 12.5 Å². The lowest BCUT2D eigenvalue weighted by Gasteiger charge is -2.29. The Balaban J connectivity index is 1.81. The number of aryl methyl sites for hydroxylation is 1. The Labute approximate surface area is 199 Å². The van der Waals surface area contributed by atoms with Crippen molar-refractivity contribution in [2.24, 2.45) is 0 Å². The van der Waals surface area contributed by atoms with Gasteiger partial charge in [0.25, 0.3) is 5.91 Å². The number of aliphatic hydroxyl groups is 2. The van der Waals surface area contributed by atoms with Gasteiger partial charge in [-0.05, 0) is 42.7 Å². The maximum Gasteiger partial charge on any atom is 0.251 e. The molecule has 0 aliphatic heterocycles. The number of imidazole rings is 1. The van der Waals surface area contributed by atoms with Crippen molar-refractivity contribution in [1.29, 1.82) is 0 Å². The van der Waals surface area contributed by atoms with E-state index in [9.17, 15) is 15.0 Å². The van der Waals surface area contributed by atoms with Gasteiger partial charge in [-0.2, -0.15) is 0 Å². The third-order valence-electron chi connectivity index (χ3n) is 5.97. The molecule has 4 rings (SSSR count). The van der Waals surface area contributed by atoms with Gasteiger partial charge in [0.1, 0.15) is 0 Å². The van der Waals surface area contributed by atoms with E-state index in [1.807, 2.05) is 72.2 Å². The van der Waals surface area contributed by atoms with Crippen LogP contribution in [-0.4, -0.2) is 38.3 Å². The molecule has 4 aromatic rings. The number of benzene rings is 3. The quantitative estimate of drug-likeness (QED) is 0.333. The molecule has 0 radical (unpaired) electrons. The molecule has 0 saturated carbocycles. The van der Waals surface area contributed by atoms with E-state index >= 15 is 0 Å². The molecule has 34 heavy (non-hydrogen) atoms. The summed E-state index contributed by atoms with van der Waals surface area (Å²) in [4.78, 5) is 17.6. The first-order valence-corrected chi connectivity index (χ1v) is 11.4. The van der Waals surface area contributed by atoms with E-state index in [0.29, 0.717) is 41.0 Å². The smallest absolute Gasteiger partial charge is 0.251 e. The van der Waals surface area contributed by atoms with Gasteiger partial charge in [0.2, 0.25) is 0 Å². The Morgan fingerprint density at radius 1 is 1.09 bits per heavy atom. The minimum absolute atomic E-state index is 0.142. The van der Waals surface area contributed by atoms with Crippen LogP contribution in [0.4, 0.5) is 0 Å². The van der Waals surface area contributed by atoms with Gasteiger partial charge in [-0.1, -0.05) is 66.7 Å². The minimum atomic E-state index is -1.48. The SMILES string of the molecule is C=CC[C@@H](O)CNC(=O)c1ccc2nc(C(O)(c3ccccc3)c3ccccc3)n(CC)c2c1. The van der Waals surface area contributed by atoms with Crippen LogP contribution in [0.1, 0.15) is 40.7 Å². The number of aliphatic hydroxyl groups excluding tert-OH is 1. The maximum absolute atomic E-state index is 12.7. The summed E-state index contributed by atoms with van der Waals surface area (Å²) in [5, 5.41) is 24.9. The molecule has 0 unspecified atom stereocenters. The van der Waals surface area contributed by atoms with Gasteiger partial charge >= 0.3 is 0 Å². The number of amides is 1. The van der Waals surface area contributed by atoms with Crippen LogP contribution in [-0.2, 0) is 12.1 Å². The second kappa shape index (κ2) is 10.0. The van der Waals surface area contributed by atoms with Crippen LogP contribution in [0, 0.1) is 0 Å². The summed E-state index contributed by atoms with van der Waals surface area (Å²) in [5.74, 6) is 0.207. The van der Waals surface area contributed by atoms with Crippen molar-refractivity contribution in [1.82, 2.24) is 14.9 Å². The maximum atomic E-state index is 12.7. The number of nitrogens with one attached hydrogen (secondary N) is 1. The van der Waals surface area contributed by atoms with E-state index < -0.39 is 11.7 Å². The molecule has 1 atom stereocenters. The van der Waals surface area contributed by atoms with E-state index in [4.69, 9.17) is 4.98 Å². The lowest BCUT2D eigenvalue weighted by Crippen LogP contribution is -2.32. The van der Waals surface area contributed by atoms with Crippen molar-refractivity contribution in [2.75, 3.05) is 6.54 Å². The largest absolute Gasteiger partial charge is 0.391 e. The van der Waals surface area contributed by atoms with E-state index in [1.54, 1.807) is 24.3 Å². The molecule has 174 valence electrons. The van der Waals surface area contributed by atoms with Crippen LogP contribution in [0.2, 0.25) is 0 Å². The molecule has 6 nitrogen and oxygen atoms in total. The Morgan fingerprint density at radius 2 is 1.71 bits per heavy atom. The normalized spacial score (nSPS) is 12.4. The van der Waals surface area contributed by atoms with Crippen LogP contribution < -0.4 is 5.32 Å². The van der Waals surface area contributed by atoms with Gasteiger partial charge in [0.05, 0.1) is 17.1 Å². The van der Waals surface area contributed by atoms with Crippen LogP contribution >= 0.6 is 0 Å². The molecule has 0 aliphatic carbocycles. The van der Waals surface area contributed by atoms with Gasteiger partial charge in [-0.15, -0.1) is 6.58 Å². The second-order valence-electron chi connectivity index (χ2n) is 8.21. The Kier molecular flexibility index (Phi) is 6.91. The summed E-state index contributed by atoms with van der Waals surface area (Å²) in [7, 11) is 0. The Hall–Kier alpha value is -3.74. The second-order valence-corrected chi connectivity index (χ2v) is 8.21. The lowest BCUT2D eigenvalue weighted by molar-refractivity contribution is 0.0917. The fourth-order valence-corrected chi connectivity index (χ4v) is 4.23. The zero-order chi connectivity index (χ0) is 24.1. The number of rotatable bonds is 9. The van der Waals surface area contributed by atoms with Crippen molar-refractivity contribution >= 4 is 16.9 Å². The number of aromatic nitrogens is 2. The molecular formula is C28H29N3O3. The van der Waals surface area contributed by atoms with Gasteiger partial charge in [-0.3, -0.25) is 4.79 Å². The van der Waals surface area contributed by atoms with Gasteiger partial charge < -0.3 is 20.1 Å². The highest BCUT2D eigenvalue weighted by Gasteiger charge is 2.38. The number of carbonyl (C=O) groups is 1. The molecular weight excluding hydrogens is 426 g/mol. The topological polar surface area (TPSA) is 87.4 Å². The highest BCUT2D eigenvalue weighted by Crippen LogP contribution is 2.37. The summed E-state index contributed by atoms with van der Waals surface area (Å²) in [5.41, 5.74) is 1.84. The van der Waals surface area contributed by atoms with Crippen LogP contribution in [0.5, 0.6) is 0 Å². The number of carbonyl (C=O) groups excluding carboxylic acids is 1. The van der Waals surface area contributed by atoms with Gasteiger partial charge in [-0.25, -0.2) is 4.98 Å². The molecule has 3 aromatic carbocycles. The van der Waals surface area contributed by atoms with Crippen molar-refractivity contribution in [3.8, 4) is 0 Å². The zero-order valence-corrected chi connectivity index (χ0v) is 19.2. The summed E-state index contributed by atoms with van der Waals surface area (Å²) in [6.07, 6.45) is 1.35. The van der Waals surface area contributed by atoms with Crippen molar-refractivity contribution < 1.29 is 15.0 Å². The molecule has 0 bridgehead atoms. The first kappa shape index (κ1) is 23.4. The number of hydrogen-bond acceptors (Lipinski definition) is 4. The molecule has 0 saturated heterocycles. The van der Waals surface area contributed by atoms with E-state index in [1.165, 1.54) is 0 Å². The standard InChI is InChI=1S/C28H29N3O3/c1-3-11-23(32)19-29-26(33)20-16-17-24-25(18-20)31(4-2)27(30-24)28(34,21-12-7-5-8-13-21)22-14-9-6-10-15-22/h3,5-10,12-18,23,32,34H,1,4,11,19H2,2H3,(H,29,33)/t23-/m1/s1. The summed E-state index contributed by atoms with van der Waals surface area (Å²) in [6, 6.07) is 24.2. The van der Waals surface area contributed by atoms with Crippen LogP contribution in [0.3, 0.4) is 0 Å². The average Bonchev–Trinajstić information content (AvgIpc) is 3.26. The van der Waals surface area contributed by atoms with Crippen molar-refractivity contribution in [2.45, 2.75) is 31.6 Å². The minimum Gasteiger partial charge on any atom is -0.391 e. The lowest BCUT2D eigenvalue weighted by atomic mass is 9.85. The fraction of sp³-hybridized carbons (Fsp3) is 0.214. The Morgan fingerprint density at radius 3 is 2.26 bits per heavy atom. The molecule has 0 fully saturated rings. The highest BCUT2D eigenvalue weighted by atomic mass is 16.3. The van der Waals surface area contributed by atoms with Gasteiger partial charge in [0.15, 0.2) is 11.4 Å². The molecule has 0 aliphatic rings. The highest BCUT2D eigenvalue weighted by molar-refractivity contribution is 5.97. The summed E-state index contributed by atoms with van der Waals surface area (Å²) >= 11 is 0. The molecule has 3 N–H and O–H groups in total. The zero-order valence-electron chi connectivity index (χ0n) is 19.2. The first-order chi connectivity index (χ1) is 16.5. The number of hydrogen-bond donors (Lipinski definition) is 3. The molecule has 6 heteroatoms. The molecule has 1 heterocycles. The van der Waals surface area contributed by atoms with Gasteiger partial charge in [0, 0.05) is 18.7 Å². The average molecular weight is 456 g/mol. The number of fused-ring (bicyclic) bond motifs is 1. The monoisotopic (exact) mass is 455 g/mol. The van der Waals surface area contributed by atoms with Crippen LogP contribution in [0.25, 0.3) is 11.0 Å². The van der Waals surface area contributed by atoms with Crippen molar-refractivity contribution in [3.63, 3.8) is 0 Å². The predicted molar refractivity (Wildman–Crippen MR) is 134 cm³/mol. The van der Waals surface area contributed by atoms with Crippen LogP contribution in [0.15, 0.2) is 91.5 Å². The van der Waals surface area contributed by atoms with Crippen molar-refractivity contribution in [3.05, 3.63) is 114 Å². The van der Waals surface area contributed by atoms with E-state index in [0.717, 1.165) is 5.52 Å². The third-order valence-corrected chi connectivity index (χ3v) is 5.97. The molecule has 0 spiro atoms. The fourth-order valence-electron chi connectivity index (χ4n) is 4.23. The number of nitrogens with zero attached hydrogens (tertiary/aromatic N) is 2. The molecule has 1 amide bonds. The summed E-state index contributed by atoms with van der Waals surface area (Å²) < 4.78 is 1.94. The Bertz CT molecular complexity index is 1240. The van der Waals surface area contributed by atoms with E-state index in [2.05, 4.69) is 11.9 Å². The summed E-state index contributed by atoms with van der Waals surface area (Å²) in [6.45, 7) is 6.28.